The Morgan fingerprint density at radius 3 is 2.11 bits per heavy atom. The van der Waals surface area contributed by atoms with Crippen LogP contribution in [0.15, 0.2) is 35.1 Å². The molecule has 12 N–H and O–H groups in total. The Balaban J connectivity index is 0.923. The summed E-state index contributed by atoms with van der Waals surface area (Å²) in [6.07, 6.45) is -18.3. The predicted octanol–water partition coefficient (Wildman–Crippen LogP) is -2.02. The maximum absolute atomic E-state index is 12.2. The molecule has 0 spiro atoms. The summed E-state index contributed by atoms with van der Waals surface area (Å²) in [6.45, 7) is 10.8. The van der Waals surface area contributed by atoms with Crippen LogP contribution in [0.25, 0.3) is 0 Å². The SMILES string of the molecule is C=C(CCC1=C(C)[C@H]2[C@H](C[C@H]3[C@@H]4CC=C5C[C@@H](O[C@@H]6O[C@H](CO)[C@@H](O)[C@H](O)[C@H]6O[C@@H]6O[C@@H](C)[C@H](O)[C@@H](O)[C@H]6O)C[C@@H](O)[C@]5(C)[C@H]4[C@H](O)C[C@@]32C)O1)CO[C@@H]1O[C@H](CO)[C@@H](O)[C@H](O)[C@H]1O. The van der Waals surface area contributed by atoms with Gasteiger partial charge in [0.25, 0.3) is 0 Å². The fourth-order valence-corrected chi connectivity index (χ4v) is 13.0. The van der Waals surface area contributed by atoms with Crippen LogP contribution in [0, 0.1) is 34.5 Å². The van der Waals surface area contributed by atoms with Gasteiger partial charge in [-0.05, 0) is 74.7 Å². The van der Waals surface area contributed by atoms with Gasteiger partial charge in [-0.3, -0.25) is 0 Å². The predicted molar refractivity (Wildman–Crippen MR) is 219 cm³/mol. The van der Waals surface area contributed by atoms with E-state index in [1.807, 2.05) is 6.92 Å². The fourth-order valence-electron chi connectivity index (χ4n) is 13.0. The third kappa shape index (κ3) is 8.25. The molecule has 4 aliphatic heterocycles. The number of hydrogen-bond donors (Lipinski definition) is 12. The molecule has 0 aromatic rings. The van der Waals surface area contributed by atoms with Crippen LogP contribution in [0.4, 0.5) is 0 Å². The van der Waals surface area contributed by atoms with Gasteiger partial charge in [-0.15, -0.1) is 0 Å². The first kappa shape index (κ1) is 48.7. The van der Waals surface area contributed by atoms with Crippen LogP contribution in [0.1, 0.15) is 72.6 Å². The minimum absolute atomic E-state index is 0.0170. The normalized spacial score (nSPS) is 52.6. The quantitative estimate of drug-likeness (QED) is 0.0941. The summed E-state index contributed by atoms with van der Waals surface area (Å²) in [5.74, 6) is 0.943. The largest absolute Gasteiger partial charge is 0.494 e. The average molecular weight is 915 g/mol. The second-order valence-electron chi connectivity index (χ2n) is 20.3. The molecule has 6 fully saturated rings. The van der Waals surface area contributed by atoms with E-state index >= 15 is 0 Å². The smallest absolute Gasteiger partial charge is 0.187 e. The van der Waals surface area contributed by atoms with Crippen molar-refractivity contribution >= 4 is 0 Å². The topological polar surface area (TPSA) is 307 Å². The summed E-state index contributed by atoms with van der Waals surface area (Å²) >= 11 is 0. The summed E-state index contributed by atoms with van der Waals surface area (Å²) in [5.41, 5.74) is 1.69. The molecule has 3 saturated carbocycles. The summed E-state index contributed by atoms with van der Waals surface area (Å²) < 4.78 is 41.7. The van der Waals surface area contributed by atoms with E-state index < -0.39 is 129 Å². The first-order valence-electron chi connectivity index (χ1n) is 22.9. The van der Waals surface area contributed by atoms with E-state index in [1.54, 1.807) is 0 Å². The van der Waals surface area contributed by atoms with Crippen molar-refractivity contribution in [3.8, 4) is 0 Å². The minimum atomic E-state index is -1.71. The minimum Gasteiger partial charge on any atom is -0.494 e. The van der Waals surface area contributed by atoms with Gasteiger partial charge in [-0.2, -0.15) is 0 Å². The highest BCUT2D eigenvalue weighted by molar-refractivity contribution is 5.32. The molecule has 19 nitrogen and oxygen atoms in total. The number of rotatable bonds is 12. The number of hydrogen-bond acceptors (Lipinski definition) is 19. The molecule has 0 radical (unpaired) electrons. The van der Waals surface area contributed by atoms with Gasteiger partial charge in [0.15, 0.2) is 18.9 Å². The van der Waals surface area contributed by atoms with E-state index in [0.717, 1.165) is 23.3 Å². The highest BCUT2D eigenvalue weighted by Crippen LogP contribution is 2.69. The number of fused-ring (bicyclic) bond motifs is 7. The van der Waals surface area contributed by atoms with Crippen LogP contribution >= 0.6 is 0 Å². The molecule has 19 heteroatoms. The highest BCUT2D eigenvalue weighted by atomic mass is 16.8. The molecule has 8 rings (SSSR count). The van der Waals surface area contributed by atoms with Crippen molar-refractivity contribution in [3.63, 3.8) is 0 Å². The van der Waals surface area contributed by atoms with Crippen molar-refractivity contribution in [3.05, 3.63) is 35.1 Å². The van der Waals surface area contributed by atoms with Gasteiger partial charge in [0, 0.05) is 24.2 Å². The van der Waals surface area contributed by atoms with Gasteiger partial charge in [0.05, 0.1) is 50.0 Å². The molecule has 0 unspecified atom stereocenters. The van der Waals surface area contributed by atoms with Crippen molar-refractivity contribution in [2.45, 2.75) is 189 Å². The first-order chi connectivity index (χ1) is 30.2. The summed E-state index contributed by atoms with van der Waals surface area (Å²) in [6, 6.07) is 0. The van der Waals surface area contributed by atoms with E-state index in [4.69, 9.17) is 33.2 Å². The van der Waals surface area contributed by atoms with Gasteiger partial charge >= 0.3 is 0 Å². The van der Waals surface area contributed by atoms with E-state index in [-0.39, 0.29) is 48.2 Å². The van der Waals surface area contributed by atoms with Crippen LogP contribution in [-0.4, -0.2) is 198 Å². The molecule has 4 heterocycles. The lowest BCUT2D eigenvalue weighted by Crippen LogP contribution is -2.65. The van der Waals surface area contributed by atoms with Gasteiger partial charge in [0.1, 0.15) is 73.2 Å². The fraction of sp³-hybridized carbons (Fsp3) is 0.867. The average Bonchev–Trinajstić information content (AvgIpc) is 3.74. The second-order valence-corrected chi connectivity index (χ2v) is 20.3. The number of ether oxygens (including phenoxy) is 7. The van der Waals surface area contributed by atoms with Gasteiger partial charge in [-0.25, -0.2) is 0 Å². The zero-order valence-electron chi connectivity index (χ0n) is 36.9. The molecule has 25 atom stereocenters. The van der Waals surface area contributed by atoms with Gasteiger partial charge in [-0.1, -0.05) is 37.6 Å². The van der Waals surface area contributed by atoms with E-state index in [9.17, 15) is 61.3 Å². The monoisotopic (exact) mass is 914 g/mol. The van der Waals surface area contributed by atoms with Crippen LogP contribution in [0.2, 0.25) is 0 Å². The third-order valence-corrected chi connectivity index (χ3v) is 16.6. The van der Waals surface area contributed by atoms with Crippen molar-refractivity contribution in [2.24, 2.45) is 34.5 Å². The van der Waals surface area contributed by atoms with Gasteiger partial charge < -0.3 is 94.4 Å². The molecular formula is C45H70O19. The summed E-state index contributed by atoms with van der Waals surface area (Å²) in [5, 5.41) is 128. The Bertz CT molecular complexity index is 1740. The Hall–Kier alpha value is -1.70. The Morgan fingerprint density at radius 2 is 1.42 bits per heavy atom. The third-order valence-electron chi connectivity index (χ3n) is 16.6. The van der Waals surface area contributed by atoms with Crippen LogP contribution in [-0.2, 0) is 33.2 Å². The molecule has 364 valence electrons. The van der Waals surface area contributed by atoms with E-state index in [1.165, 1.54) is 6.92 Å². The molecule has 0 amide bonds. The Morgan fingerprint density at radius 1 is 0.781 bits per heavy atom. The maximum atomic E-state index is 12.2. The lowest BCUT2D eigenvalue weighted by atomic mass is 9.45. The highest BCUT2D eigenvalue weighted by Gasteiger charge is 2.67. The Kier molecular flexibility index (Phi) is 14.2. The van der Waals surface area contributed by atoms with Crippen molar-refractivity contribution < 1.29 is 94.4 Å². The molecule has 0 aromatic carbocycles. The van der Waals surface area contributed by atoms with E-state index in [2.05, 4.69) is 26.5 Å². The molecule has 8 aliphatic rings. The maximum Gasteiger partial charge on any atom is 0.187 e. The summed E-state index contributed by atoms with van der Waals surface area (Å²) in [4.78, 5) is 0. The number of aliphatic hydroxyl groups is 12. The lowest BCUT2D eigenvalue weighted by molar-refractivity contribution is -0.370. The Labute approximate surface area is 372 Å². The molecular weight excluding hydrogens is 844 g/mol. The number of allylic oxidation sites excluding steroid dienone is 2. The van der Waals surface area contributed by atoms with Gasteiger partial charge in [0.2, 0.25) is 0 Å². The second kappa shape index (κ2) is 18.7. The zero-order chi connectivity index (χ0) is 46.3. The molecule has 64 heavy (non-hydrogen) atoms. The van der Waals surface area contributed by atoms with Crippen LogP contribution < -0.4 is 0 Å². The van der Waals surface area contributed by atoms with Crippen LogP contribution in [0.3, 0.4) is 0 Å². The lowest BCUT2D eigenvalue weighted by Gasteiger charge is -2.61. The number of aliphatic hydroxyl groups excluding tert-OH is 12. The van der Waals surface area contributed by atoms with Crippen molar-refractivity contribution in [2.75, 3.05) is 19.8 Å². The molecule has 3 saturated heterocycles. The van der Waals surface area contributed by atoms with Crippen molar-refractivity contribution in [1.29, 1.82) is 0 Å². The first-order valence-corrected chi connectivity index (χ1v) is 22.9. The van der Waals surface area contributed by atoms with E-state index in [0.29, 0.717) is 37.7 Å². The molecule has 0 bridgehead atoms. The van der Waals surface area contributed by atoms with Crippen molar-refractivity contribution in [1.82, 2.24) is 0 Å². The standard InChI is InChI=1S/C45H70O19/c1-17(16-58-41-38(56)36(54)33(51)27(14-46)62-41)6-9-25-18(2)30-26(61-25)12-23-22-8-7-20-10-21(11-29(49)45(20,5)31(22)24(48)13-44(23,30)4)60-43-40(37(55)34(52)28(15-47)63-43)64-42-39(57)35(53)32(50)19(3)59-42/h7,19,21-24,26-43,46-57H,1,6,8-16H2,2-5H3/t19-,21+,22-,23-,24+,26-,27+,28+,29+,30-,31+,32-,33+,34+,35+,36-,37-,38+,39+,40+,41+,42-,43+,44-,45+/m0/s1. The zero-order valence-corrected chi connectivity index (χ0v) is 36.9. The summed E-state index contributed by atoms with van der Waals surface area (Å²) in [7, 11) is 0. The molecule has 0 aromatic heterocycles. The molecule has 4 aliphatic carbocycles. The van der Waals surface area contributed by atoms with Crippen LogP contribution in [0.5, 0.6) is 0 Å².